The summed E-state index contributed by atoms with van der Waals surface area (Å²) in [6, 6.07) is 12.0. The smallest absolute Gasteiger partial charge is 0.302 e. The number of aromatic nitrogens is 2. The van der Waals surface area contributed by atoms with Gasteiger partial charge in [0, 0.05) is 5.02 Å². The molecule has 0 radical (unpaired) electrons. The highest BCUT2D eigenvalue weighted by Gasteiger charge is 2.09. The van der Waals surface area contributed by atoms with Gasteiger partial charge in [0.1, 0.15) is 5.52 Å². The second-order valence-electron chi connectivity index (χ2n) is 4.75. The summed E-state index contributed by atoms with van der Waals surface area (Å²) in [6.45, 7) is 2.03. The van der Waals surface area contributed by atoms with Gasteiger partial charge in [0.15, 0.2) is 10.7 Å². The number of oxazole rings is 1. The molecule has 0 saturated carbocycles. The predicted molar refractivity (Wildman–Crippen MR) is 86.7 cm³/mol. The second kappa shape index (κ2) is 4.72. The zero-order valence-electron chi connectivity index (χ0n) is 11.1. The summed E-state index contributed by atoms with van der Waals surface area (Å²) in [7, 11) is 0. The lowest BCUT2D eigenvalue weighted by Gasteiger charge is -1.92. The van der Waals surface area contributed by atoms with Gasteiger partial charge in [-0.05, 0) is 42.8 Å². The number of aryl methyl sites for hydroxylation is 1. The van der Waals surface area contributed by atoms with Gasteiger partial charge in [0.25, 0.3) is 0 Å². The third kappa shape index (κ3) is 2.34. The lowest BCUT2D eigenvalue weighted by molar-refractivity contribution is 0.623. The Kier molecular flexibility index (Phi) is 2.83. The zero-order chi connectivity index (χ0) is 14.4. The van der Waals surface area contributed by atoms with Gasteiger partial charge in [0.2, 0.25) is 0 Å². The first-order valence-electron chi connectivity index (χ1n) is 6.38. The first-order valence-corrected chi connectivity index (χ1v) is 7.57. The predicted octanol–water partition coefficient (Wildman–Crippen LogP) is 5.14. The van der Waals surface area contributed by atoms with Crippen molar-refractivity contribution < 1.29 is 4.42 Å². The molecule has 0 bridgehead atoms. The zero-order valence-corrected chi connectivity index (χ0v) is 12.6. The summed E-state index contributed by atoms with van der Waals surface area (Å²) in [4.78, 5) is 8.90. The number of fused-ring (bicyclic) bond motifs is 2. The van der Waals surface area contributed by atoms with E-state index >= 15 is 0 Å². The van der Waals surface area contributed by atoms with E-state index in [9.17, 15) is 0 Å². The molecule has 104 valence electrons. The number of nitrogens with zero attached hydrogens (tertiary/aromatic N) is 2. The average Bonchev–Trinajstić information content (AvgIpc) is 3.00. The van der Waals surface area contributed by atoms with E-state index in [-0.39, 0.29) is 0 Å². The molecular weight excluding hydrogens is 306 g/mol. The van der Waals surface area contributed by atoms with E-state index in [1.165, 1.54) is 11.3 Å². The molecule has 4 aromatic rings. The lowest BCUT2D eigenvalue weighted by Crippen LogP contribution is -1.88. The molecule has 0 aliphatic carbocycles. The number of benzene rings is 2. The molecular formula is C15H10ClN3OS. The van der Waals surface area contributed by atoms with Crippen molar-refractivity contribution in [3.05, 3.63) is 47.0 Å². The molecule has 6 heteroatoms. The molecule has 4 nitrogen and oxygen atoms in total. The maximum absolute atomic E-state index is 5.98. The molecule has 0 fully saturated rings. The number of hydrogen-bond acceptors (Lipinski definition) is 5. The summed E-state index contributed by atoms with van der Waals surface area (Å²) in [6.07, 6.45) is 0. The fourth-order valence-electron chi connectivity index (χ4n) is 2.13. The highest BCUT2D eigenvalue weighted by Crippen LogP contribution is 2.31. The van der Waals surface area contributed by atoms with Crippen molar-refractivity contribution in [2.45, 2.75) is 6.92 Å². The molecule has 4 rings (SSSR count). The van der Waals surface area contributed by atoms with Crippen molar-refractivity contribution in [3.8, 4) is 0 Å². The molecule has 2 aromatic heterocycles. The molecule has 2 aromatic carbocycles. The van der Waals surface area contributed by atoms with Crippen molar-refractivity contribution in [1.82, 2.24) is 9.97 Å². The molecule has 0 unspecified atom stereocenters. The van der Waals surface area contributed by atoms with Crippen molar-refractivity contribution in [1.29, 1.82) is 0 Å². The molecule has 0 atom stereocenters. The van der Waals surface area contributed by atoms with E-state index < -0.39 is 0 Å². The van der Waals surface area contributed by atoms with Gasteiger partial charge in [-0.15, -0.1) is 0 Å². The SMILES string of the molecule is Cc1ccc2oc(Nc3nc4ccc(Cl)cc4s3)nc2c1. The van der Waals surface area contributed by atoms with Crippen LogP contribution in [-0.4, -0.2) is 9.97 Å². The van der Waals surface area contributed by atoms with E-state index in [0.29, 0.717) is 11.0 Å². The number of anilines is 2. The highest BCUT2D eigenvalue weighted by atomic mass is 35.5. The molecule has 0 spiro atoms. The van der Waals surface area contributed by atoms with Gasteiger partial charge < -0.3 is 4.42 Å². The van der Waals surface area contributed by atoms with Gasteiger partial charge in [-0.3, -0.25) is 5.32 Å². The molecule has 1 N–H and O–H groups in total. The first kappa shape index (κ1) is 12.6. The quantitative estimate of drug-likeness (QED) is 0.556. The fourth-order valence-corrected chi connectivity index (χ4v) is 3.27. The summed E-state index contributed by atoms with van der Waals surface area (Å²) in [5.74, 6) is 0. The average molecular weight is 316 g/mol. The van der Waals surface area contributed by atoms with Crippen LogP contribution in [0.25, 0.3) is 21.3 Å². The fraction of sp³-hybridized carbons (Fsp3) is 0.0667. The number of hydrogen-bond donors (Lipinski definition) is 1. The summed E-state index contributed by atoms with van der Waals surface area (Å²) in [5.41, 5.74) is 3.64. The van der Waals surface area contributed by atoms with E-state index in [4.69, 9.17) is 16.0 Å². The Bertz CT molecular complexity index is 882. The van der Waals surface area contributed by atoms with Crippen LogP contribution in [0.2, 0.25) is 5.02 Å². The third-order valence-electron chi connectivity index (χ3n) is 3.11. The first-order chi connectivity index (χ1) is 10.2. The molecule has 21 heavy (non-hydrogen) atoms. The second-order valence-corrected chi connectivity index (χ2v) is 6.21. The van der Waals surface area contributed by atoms with Crippen LogP contribution in [-0.2, 0) is 0 Å². The van der Waals surface area contributed by atoms with Gasteiger partial charge in [-0.2, -0.15) is 4.98 Å². The van der Waals surface area contributed by atoms with Gasteiger partial charge >= 0.3 is 6.01 Å². The van der Waals surface area contributed by atoms with Crippen molar-refractivity contribution in [2.24, 2.45) is 0 Å². The van der Waals surface area contributed by atoms with Crippen LogP contribution < -0.4 is 5.32 Å². The largest absolute Gasteiger partial charge is 0.423 e. The molecule has 0 aliphatic heterocycles. The monoisotopic (exact) mass is 315 g/mol. The highest BCUT2D eigenvalue weighted by molar-refractivity contribution is 7.22. The van der Waals surface area contributed by atoms with Crippen molar-refractivity contribution in [3.63, 3.8) is 0 Å². The minimum absolute atomic E-state index is 0.445. The van der Waals surface area contributed by atoms with E-state index in [2.05, 4.69) is 15.3 Å². The van der Waals surface area contributed by atoms with Crippen LogP contribution >= 0.6 is 22.9 Å². The van der Waals surface area contributed by atoms with Crippen molar-refractivity contribution >= 4 is 55.4 Å². The van der Waals surface area contributed by atoms with Gasteiger partial charge in [-0.25, -0.2) is 4.98 Å². The number of halogens is 1. The Balaban J connectivity index is 1.71. The number of thiazole rings is 1. The van der Waals surface area contributed by atoms with Crippen LogP contribution in [0.4, 0.5) is 11.1 Å². The van der Waals surface area contributed by atoms with Crippen LogP contribution in [0.1, 0.15) is 5.56 Å². The third-order valence-corrected chi connectivity index (χ3v) is 4.28. The molecule has 2 heterocycles. The lowest BCUT2D eigenvalue weighted by atomic mass is 10.2. The minimum atomic E-state index is 0.445. The Hall–Kier alpha value is -2.11. The molecule has 0 aliphatic rings. The van der Waals surface area contributed by atoms with E-state index in [1.54, 1.807) is 0 Å². The minimum Gasteiger partial charge on any atom is -0.423 e. The van der Waals surface area contributed by atoms with Gasteiger partial charge in [-0.1, -0.05) is 29.0 Å². The van der Waals surface area contributed by atoms with Crippen LogP contribution in [0.15, 0.2) is 40.8 Å². The van der Waals surface area contributed by atoms with E-state index in [0.717, 1.165) is 32.0 Å². The van der Waals surface area contributed by atoms with E-state index in [1.807, 2.05) is 43.3 Å². The Labute approximate surface area is 129 Å². The summed E-state index contributed by atoms with van der Waals surface area (Å²) in [5, 5.41) is 4.54. The van der Waals surface area contributed by atoms with Crippen LogP contribution in [0.5, 0.6) is 0 Å². The summed E-state index contributed by atoms with van der Waals surface area (Å²) >= 11 is 7.50. The number of nitrogens with one attached hydrogen (secondary N) is 1. The van der Waals surface area contributed by atoms with Crippen LogP contribution in [0.3, 0.4) is 0 Å². The van der Waals surface area contributed by atoms with Gasteiger partial charge in [0.05, 0.1) is 10.2 Å². The Morgan fingerprint density at radius 1 is 1.10 bits per heavy atom. The summed E-state index contributed by atoms with van der Waals surface area (Å²) < 4.78 is 6.69. The molecule has 0 amide bonds. The topological polar surface area (TPSA) is 51.0 Å². The maximum Gasteiger partial charge on any atom is 0.302 e. The Morgan fingerprint density at radius 2 is 2.00 bits per heavy atom. The van der Waals surface area contributed by atoms with Crippen LogP contribution in [0, 0.1) is 6.92 Å². The maximum atomic E-state index is 5.98. The normalized spacial score (nSPS) is 11.3. The number of rotatable bonds is 2. The van der Waals surface area contributed by atoms with Crippen molar-refractivity contribution in [2.75, 3.05) is 5.32 Å². The standard InChI is InChI=1S/C15H10ClN3OS/c1-8-2-5-12-11(6-8)17-14(20-12)19-15-18-10-4-3-9(16)7-13(10)21-15/h2-7H,1H3,(H,17,18,19). The molecule has 0 saturated heterocycles. The Morgan fingerprint density at radius 3 is 2.90 bits per heavy atom.